The highest BCUT2D eigenvalue weighted by molar-refractivity contribution is 7.07. The number of thiazole rings is 1. The van der Waals surface area contributed by atoms with E-state index in [0.717, 1.165) is 27.1 Å². The van der Waals surface area contributed by atoms with Gasteiger partial charge in [0.25, 0.3) is 5.56 Å². The highest BCUT2D eigenvalue weighted by Crippen LogP contribution is 2.41. The van der Waals surface area contributed by atoms with Crippen molar-refractivity contribution < 1.29 is 19.0 Å². The fourth-order valence-electron chi connectivity index (χ4n) is 5.63. The first-order valence-corrected chi connectivity index (χ1v) is 14.7. The van der Waals surface area contributed by atoms with Crippen molar-refractivity contribution in [2.24, 2.45) is 4.99 Å². The zero-order valence-electron chi connectivity index (χ0n) is 23.8. The number of benzene rings is 4. The average Bonchev–Trinajstić information content (AvgIpc) is 3.30. The fourth-order valence-corrected chi connectivity index (χ4v) is 6.66. The number of esters is 1. The van der Waals surface area contributed by atoms with Gasteiger partial charge in [0.2, 0.25) is 0 Å². The number of nitrogens with zero attached hydrogens (tertiary/aromatic N) is 2. The molecule has 0 saturated heterocycles. The second-order valence-corrected chi connectivity index (χ2v) is 10.9. The number of carbonyl (C=O) groups excluding carboxylic acids is 1. The quantitative estimate of drug-likeness (QED) is 0.188. The van der Waals surface area contributed by atoms with E-state index in [4.69, 9.17) is 19.2 Å². The Hall–Kier alpha value is -4.69. The lowest BCUT2D eigenvalue weighted by atomic mass is 9.94. The third-order valence-corrected chi connectivity index (χ3v) is 8.40. The molecule has 1 aliphatic heterocycles. The third-order valence-electron chi connectivity index (χ3n) is 7.42. The minimum Gasteiger partial charge on any atom is -0.493 e. The van der Waals surface area contributed by atoms with E-state index in [1.807, 2.05) is 49.4 Å². The van der Waals surface area contributed by atoms with E-state index in [0.29, 0.717) is 44.3 Å². The second kappa shape index (κ2) is 11.3. The lowest BCUT2D eigenvalue weighted by Gasteiger charge is -2.26. The van der Waals surface area contributed by atoms with Gasteiger partial charge >= 0.3 is 5.97 Å². The Kier molecular flexibility index (Phi) is 7.39. The van der Waals surface area contributed by atoms with Crippen LogP contribution in [0.4, 0.5) is 0 Å². The summed E-state index contributed by atoms with van der Waals surface area (Å²) in [6, 6.07) is 23.1. The van der Waals surface area contributed by atoms with Crippen LogP contribution < -0.4 is 24.4 Å². The van der Waals surface area contributed by atoms with Gasteiger partial charge in [-0.1, -0.05) is 72.0 Å². The molecule has 0 saturated carbocycles. The predicted molar refractivity (Wildman–Crippen MR) is 166 cm³/mol. The van der Waals surface area contributed by atoms with Gasteiger partial charge in [0.05, 0.1) is 36.1 Å². The van der Waals surface area contributed by atoms with Crippen molar-refractivity contribution in [2.75, 3.05) is 20.3 Å². The lowest BCUT2D eigenvalue weighted by molar-refractivity contribution is -0.139. The van der Waals surface area contributed by atoms with Crippen molar-refractivity contribution in [1.29, 1.82) is 0 Å². The van der Waals surface area contributed by atoms with Gasteiger partial charge in [0.1, 0.15) is 6.04 Å². The van der Waals surface area contributed by atoms with Crippen LogP contribution in [0.15, 0.2) is 93.9 Å². The van der Waals surface area contributed by atoms with E-state index >= 15 is 0 Å². The summed E-state index contributed by atoms with van der Waals surface area (Å²) >= 11 is 1.30. The van der Waals surface area contributed by atoms with Crippen LogP contribution in [-0.4, -0.2) is 30.9 Å². The van der Waals surface area contributed by atoms with Gasteiger partial charge < -0.3 is 14.2 Å². The summed E-state index contributed by atoms with van der Waals surface area (Å²) in [6.07, 6.45) is 1.95. The van der Waals surface area contributed by atoms with Gasteiger partial charge in [-0.05, 0) is 66.1 Å². The number of allylic oxidation sites excluding steroid dienone is 1. The van der Waals surface area contributed by atoms with E-state index in [1.165, 1.54) is 11.3 Å². The van der Waals surface area contributed by atoms with Gasteiger partial charge in [0.15, 0.2) is 16.3 Å². The molecular formula is C34H30N2O5S. The van der Waals surface area contributed by atoms with Crippen molar-refractivity contribution >= 4 is 44.9 Å². The number of carbonyl (C=O) groups is 1. The van der Waals surface area contributed by atoms with Crippen molar-refractivity contribution in [3.8, 4) is 11.5 Å². The number of hydrogen-bond acceptors (Lipinski definition) is 7. The molecule has 0 bridgehead atoms. The van der Waals surface area contributed by atoms with Crippen LogP contribution in [0.1, 0.15) is 37.9 Å². The summed E-state index contributed by atoms with van der Waals surface area (Å²) in [5.41, 5.74) is 2.12. The maximum absolute atomic E-state index is 14.4. The number of rotatable bonds is 7. The molecule has 0 N–H and O–H groups in total. The second-order valence-electron chi connectivity index (χ2n) is 9.85. The molecule has 8 heteroatoms. The normalized spacial score (nSPS) is 15.0. The zero-order chi connectivity index (χ0) is 29.4. The van der Waals surface area contributed by atoms with Crippen molar-refractivity contribution in [3.05, 3.63) is 115 Å². The standard InChI is InChI=1S/C34H30N2O5S/c1-5-40-31-25(16-11-17-27(31)39-4)30-29(33(38)41-6-2)20(3)35-34-36(30)32(37)28(42-34)19-26-23-14-9-7-12-21(23)18-22-13-8-10-15-24(22)26/h7-19,30H,5-6H2,1-4H3/b28-19+. The van der Waals surface area contributed by atoms with Crippen LogP contribution in [0.2, 0.25) is 0 Å². The van der Waals surface area contributed by atoms with E-state index in [-0.39, 0.29) is 12.2 Å². The maximum atomic E-state index is 14.4. The topological polar surface area (TPSA) is 79.1 Å². The van der Waals surface area contributed by atoms with Crippen LogP contribution in [0.3, 0.4) is 0 Å². The molecule has 1 aromatic heterocycles. The Balaban J connectivity index is 1.66. The number of fused-ring (bicyclic) bond motifs is 3. The number of hydrogen-bond donors (Lipinski definition) is 0. The summed E-state index contributed by atoms with van der Waals surface area (Å²) in [7, 11) is 1.56. The van der Waals surface area contributed by atoms with Crippen LogP contribution in [0.25, 0.3) is 27.6 Å². The molecular weight excluding hydrogens is 548 g/mol. The molecule has 1 unspecified atom stereocenters. The molecule has 5 aromatic rings. The highest BCUT2D eigenvalue weighted by atomic mass is 32.1. The highest BCUT2D eigenvalue weighted by Gasteiger charge is 2.36. The average molecular weight is 579 g/mol. The van der Waals surface area contributed by atoms with Crippen LogP contribution in [0, 0.1) is 0 Å². The minimum absolute atomic E-state index is 0.192. The number of ether oxygens (including phenoxy) is 3. The number of aromatic nitrogens is 1. The zero-order valence-corrected chi connectivity index (χ0v) is 24.7. The predicted octanol–water partition coefficient (Wildman–Crippen LogP) is 5.51. The molecule has 0 fully saturated rings. The molecule has 2 heterocycles. The third kappa shape index (κ3) is 4.58. The SMILES string of the molecule is CCOC(=O)C1=C(C)N=c2s/c(=C/c3c4ccccc4cc4ccccc34)c(=O)n2C1c1cccc(OC)c1OCC. The molecule has 0 spiro atoms. The van der Waals surface area contributed by atoms with Crippen molar-refractivity contribution in [2.45, 2.75) is 26.8 Å². The van der Waals surface area contributed by atoms with E-state index in [9.17, 15) is 9.59 Å². The molecule has 1 atom stereocenters. The van der Waals surface area contributed by atoms with Gasteiger partial charge in [-0.15, -0.1) is 0 Å². The molecule has 4 aromatic carbocycles. The fraction of sp³-hybridized carbons (Fsp3) is 0.206. The first-order valence-electron chi connectivity index (χ1n) is 13.9. The molecule has 0 amide bonds. The summed E-state index contributed by atoms with van der Waals surface area (Å²) < 4.78 is 19.2. The molecule has 0 radical (unpaired) electrons. The van der Waals surface area contributed by atoms with Gasteiger partial charge in [-0.3, -0.25) is 9.36 Å². The van der Waals surface area contributed by atoms with Crippen LogP contribution in [-0.2, 0) is 9.53 Å². The number of methoxy groups -OCH3 is 1. The summed E-state index contributed by atoms with van der Waals surface area (Å²) in [5, 5.41) is 4.28. The Labute approximate surface area is 246 Å². The van der Waals surface area contributed by atoms with Crippen LogP contribution >= 0.6 is 11.3 Å². The Bertz CT molecular complexity index is 2020. The summed E-state index contributed by atoms with van der Waals surface area (Å²) in [4.78, 5) is 33.0. The maximum Gasteiger partial charge on any atom is 0.338 e. The van der Waals surface area contributed by atoms with Gasteiger partial charge in [0, 0.05) is 5.56 Å². The van der Waals surface area contributed by atoms with Crippen LogP contribution in [0.5, 0.6) is 11.5 Å². The smallest absolute Gasteiger partial charge is 0.338 e. The first kappa shape index (κ1) is 27.5. The molecule has 0 aliphatic carbocycles. The molecule has 212 valence electrons. The van der Waals surface area contributed by atoms with E-state index in [1.54, 1.807) is 31.6 Å². The first-order chi connectivity index (χ1) is 20.5. The van der Waals surface area contributed by atoms with E-state index < -0.39 is 12.0 Å². The molecule has 6 rings (SSSR count). The Morgan fingerprint density at radius 1 is 0.976 bits per heavy atom. The largest absolute Gasteiger partial charge is 0.493 e. The minimum atomic E-state index is -0.816. The molecule has 42 heavy (non-hydrogen) atoms. The van der Waals surface area contributed by atoms with Crippen molar-refractivity contribution in [1.82, 2.24) is 4.57 Å². The van der Waals surface area contributed by atoms with Crippen molar-refractivity contribution in [3.63, 3.8) is 0 Å². The van der Waals surface area contributed by atoms with Gasteiger partial charge in [-0.25, -0.2) is 9.79 Å². The lowest BCUT2D eigenvalue weighted by Crippen LogP contribution is -2.40. The summed E-state index contributed by atoms with van der Waals surface area (Å²) in [5.74, 6) is 0.457. The number of para-hydroxylation sites is 1. The molecule has 7 nitrogen and oxygen atoms in total. The molecule has 1 aliphatic rings. The Morgan fingerprint density at radius 3 is 2.31 bits per heavy atom. The monoisotopic (exact) mass is 578 g/mol. The Morgan fingerprint density at radius 2 is 1.67 bits per heavy atom. The van der Waals surface area contributed by atoms with E-state index in [2.05, 4.69) is 30.3 Å². The van der Waals surface area contributed by atoms with Gasteiger partial charge in [-0.2, -0.15) is 0 Å². The summed E-state index contributed by atoms with van der Waals surface area (Å²) in [6.45, 7) is 5.97.